The monoisotopic (exact) mass is 406 g/mol. The molecule has 1 aliphatic carbocycles. The van der Waals surface area contributed by atoms with E-state index in [0.717, 1.165) is 0 Å². The number of rotatable bonds is 8. The zero-order valence-electron chi connectivity index (χ0n) is 19.2. The van der Waals surface area contributed by atoms with E-state index in [1.807, 2.05) is 0 Å². The van der Waals surface area contributed by atoms with Gasteiger partial charge in [-0.1, -0.05) is 96.5 Å². The molecule has 0 aromatic heterocycles. The molecule has 0 heterocycles. The van der Waals surface area contributed by atoms with Gasteiger partial charge in [-0.15, -0.1) is 0 Å². The van der Waals surface area contributed by atoms with Crippen molar-refractivity contribution in [2.45, 2.75) is 91.6 Å². The highest BCUT2D eigenvalue weighted by Crippen LogP contribution is 2.46. The predicted molar refractivity (Wildman–Crippen MR) is 133 cm³/mol. The van der Waals surface area contributed by atoms with Crippen LogP contribution in [0.2, 0.25) is 0 Å². The van der Waals surface area contributed by atoms with Gasteiger partial charge < -0.3 is 0 Å². The molecule has 0 fully saturated rings. The molecule has 0 amide bonds. The molecule has 0 radical (unpaired) electrons. The summed E-state index contributed by atoms with van der Waals surface area (Å²) in [6.07, 6.45) is 13.5. The Hall–Kier alpha value is -1.39. The smallest absolute Gasteiger partial charge is 0.00534 e. The van der Waals surface area contributed by atoms with Gasteiger partial charge in [0.25, 0.3) is 0 Å². The molecule has 1 heteroatoms. The number of allylic oxidation sites excluding steroid dienone is 2. The average molecular weight is 407 g/mol. The minimum Gasteiger partial charge on any atom is -0.0773 e. The first-order valence-corrected chi connectivity index (χ1v) is 13.0. The first kappa shape index (κ1) is 22.3. The molecule has 0 saturated heterocycles. The Morgan fingerprint density at radius 1 is 0.759 bits per heavy atom. The third-order valence-electron chi connectivity index (χ3n) is 6.08. The zero-order chi connectivity index (χ0) is 20.8. The van der Waals surface area contributed by atoms with E-state index < -0.39 is 0 Å². The van der Waals surface area contributed by atoms with Crippen molar-refractivity contribution in [2.75, 3.05) is 0 Å². The summed E-state index contributed by atoms with van der Waals surface area (Å²) in [6, 6.07) is 14.5. The average Bonchev–Trinajstić information content (AvgIpc) is 2.64. The van der Waals surface area contributed by atoms with Crippen LogP contribution in [-0.4, -0.2) is 5.66 Å². The van der Waals surface area contributed by atoms with Crippen LogP contribution >= 0.6 is 7.92 Å². The second-order valence-electron chi connectivity index (χ2n) is 9.16. The summed E-state index contributed by atoms with van der Waals surface area (Å²) in [5, 5.41) is 3.13. The van der Waals surface area contributed by atoms with Crippen molar-refractivity contribution in [1.29, 1.82) is 0 Å². The highest BCUT2D eigenvalue weighted by molar-refractivity contribution is 7.73. The van der Waals surface area contributed by atoms with Gasteiger partial charge in [0.05, 0.1) is 0 Å². The lowest BCUT2D eigenvalue weighted by Crippen LogP contribution is -2.23. The molecule has 1 atom stereocenters. The fraction of sp³-hybridized carbons (Fsp3) is 0.500. The van der Waals surface area contributed by atoms with Gasteiger partial charge in [0, 0.05) is 5.66 Å². The largest absolute Gasteiger partial charge is 0.0773 e. The van der Waals surface area contributed by atoms with Gasteiger partial charge in [0.2, 0.25) is 0 Å². The Morgan fingerprint density at radius 2 is 1.31 bits per heavy atom. The van der Waals surface area contributed by atoms with Crippen molar-refractivity contribution >= 4 is 18.5 Å². The van der Waals surface area contributed by atoms with Crippen molar-refractivity contribution < 1.29 is 0 Å². The molecule has 0 nitrogen and oxygen atoms in total. The topological polar surface area (TPSA) is 0 Å². The van der Waals surface area contributed by atoms with Gasteiger partial charge in [0.1, 0.15) is 0 Å². The fourth-order valence-electron chi connectivity index (χ4n) is 4.88. The molecule has 3 rings (SSSR count). The quantitative estimate of drug-likeness (QED) is 0.238. The van der Waals surface area contributed by atoms with E-state index in [0.29, 0.717) is 5.66 Å². The Morgan fingerprint density at radius 3 is 1.83 bits per heavy atom. The third kappa shape index (κ3) is 6.29. The summed E-state index contributed by atoms with van der Waals surface area (Å²) in [7, 11) is -0.359. The van der Waals surface area contributed by atoms with Crippen molar-refractivity contribution in [3.8, 4) is 0 Å². The molecule has 0 unspecified atom stereocenters. The second-order valence-corrected chi connectivity index (χ2v) is 11.6. The van der Waals surface area contributed by atoms with Crippen molar-refractivity contribution in [1.82, 2.24) is 0 Å². The molecule has 0 aliphatic heterocycles. The van der Waals surface area contributed by atoms with Gasteiger partial charge in [0.15, 0.2) is 0 Å². The molecule has 2 aromatic rings. The van der Waals surface area contributed by atoms with Gasteiger partial charge in [-0.3, -0.25) is 0 Å². The number of aryl methyl sites for hydroxylation is 4. The highest BCUT2D eigenvalue weighted by atomic mass is 31.1. The van der Waals surface area contributed by atoms with E-state index in [4.69, 9.17) is 0 Å². The van der Waals surface area contributed by atoms with Crippen molar-refractivity contribution in [3.05, 3.63) is 70.3 Å². The van der Waals surface area contributed by atoms with Gasteiger partial charge in [-0.2, -0.15) is 0 Å². The Labute approximate surface area is 180 Å². The molecular formula is C28H39P. The number of hydrogen-bond acceptors (Lipinski definition) is 0. The lowest BCUT2D eigenvalue weighted by Gasteiger charge is -2.31. The molecule has 1 aliphatic rings. The number of hydrogen-bond donors (Lipinski definition) is 0. The SMILES string of the molecule is CCCCCCC1=C[C@H](P(c2cc(C)cc(C)c2)c2cc(C)cc(C)c2)CCC1. The summed E-state index contributed by atoms with van der Waals surface area (Å²) >= 11 is 0. The third-order valence-corrected chi connectivity index (χ3v) is 8.78. The summed E-state index contributed by atoms with van der Waals surface area (Å²) in [4.78, 5) is 0. The standard InChI is InChI=1S/C28H39P/c1-6-7-8-9-11-25-12-10-13-26(20-25)29(27-16-21(2)14-22(3)17-27)28-18-23(4)15-24(5)19-28/h14-20,26H,6-13H2,1-5H3/t26-/m1/s1. The molecule has 2 aromatic carbocycles. The molecule has 0 N–H and O–H groups in total. The zero-order valence-corrected chi connectivity index (χ0v) is 20.1. The maximum Gasteiger partial charge on any atom is 0.00534 e. The lowest BCUT2D eigenvalue weighted by molar-refractivity contribution is 0.624. The van der Waals surface area contributed by atoms with E-state index in [9.17, 15) is 0 Å². The number of unbranched alkanes of at least 4 members (excludes halogenated alkanes) is 3. The summed E-state index contributed by atoms with van der Waals surface area (Å²) in [5.74, 6) is 0. The van der Waals surface area contributed by atoms with E-state index in [2.05, 4.69) is 77.1 Å². The molecule has 0 bridgehead atoms. The van der Waals surface area contributed by atoms with Crippen LogP contribution in [-0.2, 0) is 0 Å². The van der Waals surface area contributed by atoms with Gasteiger partial charge in [-0.25, -0.2) is 0 Å². The maximum absolute atomic E-state index is 2.70. The Balaban J connectivity index is 1.96. The van der Waals surface area contributed by atoms with E-state index in [-0.39, 0.29) is 7.92 Å². The fourth-order valence-corrected chi connectivity index (χ4v) is 8.11. The van der Waals surface area contributed by atoms with Crippen molar-refractivity contribution in [2.24, 2.45) is 0 Å². The molecule has 29 heavy (non-hydrogen) atoms. The summed E-state index contributed by atoms with van der Waals surface area (Å²) in [6.45, 7) is 11.3. The normalized spacial score (nSPS) is 16.9. The van der Waals surface area contributed by atoms with Crippen LogP contribution in [0.5, 0.6) is 0 Å². The van der Waals surface area contributed by atoms with Crippen LogP contribution in [0.3, 0.4) is 0 Å². The first-order chi connectivity index (χ1) is 14.0. The minimum absolute atomic E-state index is 0.359. The molecule has 0 saturated carbocycles. The van der Waals surface area contributed by atoms with Crippen LogP contribution in [0.25, 0.3) is 0 Å². The van der Waals surface area contributed by atoms with Crippen LogP contribution in [0.1, 0.15) is 80.5 Å². The van der Waals surface area contributed by atoms with E-state index in [1.165, 1.54) is 73.6 Å². The summed E-state index contributed by atoms with van der Waals surface area (Å²) < 4.78 is 0. The minimum atomic E-state index is -0.359. The van der Waals surface area contributed by atoms with E-state index >= 15 is 0 Å². The highest BCUT2D eigenvalue weighted by Gasteiger charge is 2.26. The molecular weight excluding hydrogens is 367 g/mol. The van der Waals surface area contributed by atoms with Gasteiger partial charge in [-0.05, 0) is 78.3 Å². The summed E-state index contributed by atoms with van der Waals surface area (Å²) in [5.41, 5.74) is 8.02. The lowest BCUT2D eigenvalue weighted by atomic mass is 9.95. The van der Waals surface area contributed by atoms with Crippen LogP contribution < -0.4 is 10.6 Å². The molecule has 156 valence electrons. The Kier molecular flexibility index (Phi) is 8.14. The van der Waals surface area contributed by atoms with Crippen LogP contribution in [0, 0.1) is 27.7 Å². The van der Waals surface area contributed by atoms with Crippen molar-refractivity contribution in [3.63, 3.8) is 0 Å². The Bertz CT molecular complexity index is 753. The van der Waals surface area contributed by atoms with Crippen LogP contribution in [0.4, 0.5) is 0 Å². The van der Waals surface area contributed by atoms with Crippen LogP contribution in [0.15, 0.2) is 48.0 Å². The van der Waals surface area contributed by atoms with Gasteiger partial charge >= 0.3 is 0 Å². The number of benzene rings is 2. The molecule has 0 spiro atoms. The predicted octanol–water partition coefficient (Wildman–Crippen LogP) is 7.80. The van der Waals surface area contributed by atoms with E-state index in [1.54, 1.807) is 16.2 Å². The maximum atomic E-state index is 2.70. The second kappa shape index (κ2) is 10.6. The first-order valence-electron chi connectivity index (χ1n) is 11.6.